The summed E-state index contributed by atoms with van der Waals surface area (Å²) in [5.74, 6) is -0.400. The number of carbonyl (C=O) groups excluding carboxylic acids is 1. The summed E-state index contributed by atoms with van der Waals surface area (Å²) in [5.41, 5.74) is 0. The van der Waals surface area contributed by atoms with Crippen molar-refractivity contribution in [1.29, 1.82) is 0 Å². The number of rotatable bonds is 5. The van der Waals surface area contributed by atoms with Crippen molar-refractivity contribution >= 4 is 17.7 Å². The van der Waals surface area contributed by atoms with E-state index >= 15 is 0 Å². The van der Waals surface area contributed by atoms with Crippen LogP contribution in [0, 0.1) is 0 Å². The van der Waals surface area contributed by atoms with Gasteiger partial charge < -0.3 is 9.30 Å². The smallest absolute Gasteiger partial charge is 0.327 e. The summed E-state index contributed by atoms with van der Waals surface area (Å²) in [6.07, 6.45) is 3.58. The maximum atomic E-state index is 11.2. The van der Waals surface area contributed by atoms with Crippen molar-refractivity contribution in [3.8, 4) is 0 Å². The molecule has 0 atom stereocenters. The summed E-state index contributed by atoms with van der Waals surface area (Å²) in [6, 6.07) is 0. The highest BCUT2D eigenvalue weighted by Gasteiger charge is 2.14. The van der Waals surface area contributed by atoms with Gasteiger partial charge in [-0.05, 0) is 29.1 Å². The SMILES string of the molecule is CCn1ccnc1Sc1nnnn1CC(=O)OC. The van der Waals surface area contributed by atoms with E-state index in [0.29, 0.717) is 5.16 Å². The molecule has 0 fully saturated rings. The number of hydrogen-bond acceptors (Lipinski definition) is 7. The Morgan fingerprint density at radius 1 is 1.50 bits per heavy atom. The minimum atomic E-state index is -0.400. The van der Waals surface area contributed by atoms with Gasteiger partial charge in [-0.15, -0.1) is 5.10 Å². The Kier molecular flexibility index (Phi) is 3.92. The lowest BCUT2D eigenvalue weighted by atomic mass is 10.7. The molecule has 9 heteroatoms. The van der Waals surface area contributed by atoms with Crippen LogP contribution in [0.15, 0.2) is 22.7 Å². The minimum absolute atomic E-state index is 0.0152. The zero-order valence-corrected chi connectivity index (χ0v) is 10.8. The van der Waals surface area contributed by atoms with Crippen molar-refractivity contribution < 1.29 is 9.53 Å². The Morgan fingerprint density at radius 3 is 3.06 bits per heavy atom. The van der Waals surface area contributed by atoms with Crippen LogP contribution in [0.2, 0.25) is 0 Å². The summed E-state index contributed by atoms with van der Waals surface area (Å²) < 4.78 is 7.91. The zero-order valence-electron chi connectivity index (χ0n) is 9.98. The Morgan fingerprint density at radius 2 is 2.33 bits per heavy atom. The molecular weight excluding hydrogens is 256 g/mol. The molecule has 96 valence electrons. The fourth-order valence-corrected chi connectivity index (χ4v) is 2.15. The van der Waals surface area contributed by atoms with E-state index in [1.54, 1.807) is 6.20 Å². The van der Waals surface area contributed by atoms with E-state index in [2.05, 4.69) is 25.2 Å². The second kappa shape index (κ2) is 5.63. The molecule has 18 heavy (non-hydrogen) atoms. The molecule has 0 aromatic carbocycles. The Bertz CT molecular complexity index is 537. The van der Waals surface area contributed by atoms with Crippen molar-refractivity contribution in [2.24, 2.45) is 0 Å². The predicted molar refractivity (Wildman–Crippen MR) is 61.9 cm³/mol. The van der Waals surface area contributed by atoms with Crippen LogP contribution in [0.3, 0.4) is 0 Å². The molecule has 0 N–H and O–H groups in total. The maximum absolute atomic E-state index is 11.2. The Labute approximate surface area is 107 Å². The van der Waals surface area contributed by atoms with Crippen LogP contribution in [0.25, 0.3) is 0 Å². The van der Waals surface area contributed by atoms with E-state index in [-0.39, 0.29) is 6.54 Å². The summed E-state index contributed by atoms with van der Waals surface area (Å²) in [4.78, 5) is 15.4. The standard InChI is InChI=1S/C9H12N6O2S/c1-3-14-5-4-10-8(14)18-9-11-12-13-15(9)6-7(16)17-2/h4-5H,3,6H2,1-2H3. The average Bonchev–Trinajstić information content (AvgIpc) is 2.99. The van der Waals surface area contributed by atoms with Crippen molar-refractivity contribution in [3.63, 3.8) is 0 Å². The molecule has 0 aliphatic rings. The molecule has 0 unspecified atom stereocenters. The Balaban J connectivity index is 2.15. The number of ether oxygens (including phenoxy) is 1. The summed E-state index contributed by atoms with van der Waals surface area (Å²) in [6.45, 7) is 2.81. The first-order valence-corrected chi connectivity index (χ1v) is 6.08. The van der Waals surface area contributed by atoms with Crippen LogP contribution >= 0.6 is 11.8 Å². The van der Waals surface area contributed by atoms with E-state index in [4.69, 9.17) is 0 Å². The van der Waals surface area contributed by atoms with E-state index < -0.39 is 5.97 Å². The molecule has 2 heterocycles. The first kappa shape index (κ1) is 12.6. The first-order chi connectivity index (χ1) is 8.74. The molecular formula is C9H12N6O2S. The van der Waals surface area contributed by atoms with E-state index in [0.717, 1.165) is 11.7 Å². The van der Waals surface area contributed by atoms with Crippen molar-refractivity contribution in [2.45, 2.75) is 30.3 Å². The molecule has 2 rings (SSSR count). The molecule has 0 spiro atoms. The lowest BCUT2D eigenvalue weighted by Crippen LogP contribution is -2.14. The Hall–Kier alpha value is -1.90. The molecule has 0 amide bonds. The molecule has 2 aromatic heterocycles. The number of tetrazole rings is 1. The molecule has 2 aromatic rings. The van der Waals surface area contributed by atoms with Gasteiger partial charge in [0.1, 0.15) is 6.54 Å². The second-order valence-corrected chi connectivity index (χ2v) is 4.23. The number of aryl methyl sites for hydroxylation is 1. The molecule has 8 nitrogen and oxygen atoms in total. The highest BCUT2D eigenvalue weighted by Crippen LogP contribution is 2.23. The van der Waals surface area contributed by atoms with Crippen LogP contribution < -0.4 is 0 Å². The van der Waals surface area contributed by atoms with Gasteiger partial charge in [-0.25, -0.2) is 9.67 Å². The number of imidazole rings is 1. The van der Waals surface area contributed by atoms with Gasteiger partial charge in [0.2, 0.25) is 5.16 Å². The largest absolute Gasteiger partial charge is 0.468 e. The number of carbonyl (C=O) groups is 1. The highest BCUT2D eigenvalue weighted by molar-refractivity contribution is 7.99. The average molecular weight is 268 g/mol. The minimum Gasteiger partial charge on any atom is -0.468 e. The number of methoxy groups -OCH3 is 1. The van der Waals surface area contributed by atoms with Crippen LogP contribution in [0.4, 0.5) is 0 Å². The zero-order chi connectivity index (χ0) is 13.0. The molecule has 0 radical (unpaired) electrons. The quantitative estimate of drug-likeness (QED) is 0.716. The van der Waals surface area contributed by atoms with Gasteiger partial charge in [-0.3, -0.25) is 4.79 Å². The van der Waals surface area contributed by atoms with Crippen LogP contribution in [0.1, 0.15) is 6.92 Å². The van der Waals surface area contributed by atoms with Crippen molar-refractivity contribution in [2.75, 3.05) is 7.11 Å². The molecule has 0 bridgehead atoms. The molecule has 0 saturated carbocycles. The fourth-order valence-electron chi connectivity index (χ4n) is 1.28. The predicted octanol–water partition coefficient (Wildman–Crippen LogP) is 0.214. The number of nitrogens with zero attached hydrogens (tertiary/aromatic N) is 6. The third kappa shape index (κ3) is 2.67. The first-order valence-electron chi connectivity index (χ1n) is 5.26. The van der Waals surface area contributed by atoms with Gasteiger partial charge >= 0.3 is 5.97 Å². The van der Waals surface area contributed by atoms with Gasteiger partial charge in [0.25, 0.3) is 0 Å². The van der Waals surface area contributed by atoms with E-state index in [1.807, 2.05) is 17.7 Å². The van der Waals surface area contributed by atoms with Gasteiger partial charge in [-0.2, -0.15) is 0 Å². The lowest BCUT2D eigenvalue weighted by molar-refractivity contribution is -0.141. The van der Waals surface area contributed by atoms with E-state index in [1.165, 1.54) is 23.6 Å². The molecule has 0 aliphatic heterocycles. The third-order valence-corrected chi connectivity index (χ3v) is 3.20. The van der Waals surface area contributed by atoms with Crippen LogP contribution in [0.5, 0.6) is 0 Å². The lowest BCUT2D eigenvalue weighted by Gasteiger charge is -2.04. The third-order valence-electron chi connectivity index (χ3n) is 2.21. The second-order valence-electron chi connectivity index (χ2n) is 3.29. The van der Waals surface area contributed by atoms with Gasteiger partial charge in [0, 0.05) is 18.9 Å². The maximum Gasteiger partial charge on any atom is 0.327 e. The molecule has 0 aliphatic carbocycles. The number of aromatic nitrogens is 6. The van der Waals surface area contributed by atoms with E-state index in [9.17, 15) is 4.79 Å². The van der Waals surface area contributed by atoms with Crippen molar-refractivity contribution in [1.82, 2.24) is 29.8 Å². The van der Waals surface area contributed by atoms with Crippen molar-refractivity contribution in [3.05, 3.63) is 12.4 Å². The van der Waals surface area contributed by atoms with Gasteiger partial charge in [0.05, 0.1) is 7.11 Å². The van der Waals surface area contributed by atoms with Gasteiger partial charge in [0.15, 0.2) is 5.16 Å². The fraction of sp³-hybridized carbons (Fsp3) is 0.444. The number of hydrogen-bond donors (Lipinski definition) is 0. The number of esters is 1. The van der Waals surface area contributed by atoms with Crippen LogP contribution in [-0.4, -0.2) is 42.8 Å². The summed E-state index contributed by atoms with van der Waals surface area (Å²) in [7, 11) is 1.32. The monoisotopic (exact) mass is 268 g/mol. The molecule has 0 saturated heterocycles. The highest BCUT2D eigenvalue weighted by atomic mass is 32.2. The summed E-state index contributed by atoms with van der Waals surface area (Å²) in [5, 5.41) is 12.4. The topological polar surface area (TPSA) is 87.7 Å². The van der Waals surface area contributed by atoms with Crippen LogP contribution in [-0.2, 0) is 22.6 Å². The summed E-state index contributed by atoms with van der Waals surface area (Å²) >= 11 is 1.30. The van der Waals surface area contributed by atoms with Gasteiger partial charge in [-0.1, -0.05) is 0 Å². The normalized spacial score (nSPS) is 10.6.